The van der Waals surface area contributed by atoms with Crippen molar-refractivity contribution in [3.63, 3.8) is 0 Å². The van der Waals surface area contributed by atoms with Gasteiger partial charge in [0.2, 0.25) is 0 Å². The van der Waals surface area contributed by atoms with E-state index in [-0.39, 0.29) is 0 Å². The summed E-state index contributed by atoms with van der Waals surface area (Å²) < 4.78 is 1.13. The third-order valence-corrected chi connectivity index (χ3v) is 4.27. The van der Waals surface area contributed by atoms with Gasteiger partial charge in [0.15, 0.2) is 0 Å². The van der Waals surface area contributed by atoms with E-state index in [9.17, 15) is 0 Å². The van der Waals surface area contributed by atoms with E-state index in [4.69, 9.17) is 0 Å². The summed E-state index contributed by atoms with van der Waals surface area (Å²) in [4.78, 5) is 0. The van der Waals surface area contributed by atoms with Crippen LogP contribution in [0.1, 0.15) is 40.8 Å². The number of benzene rings is 2. The third kappa shape index (κ3) is 3.71. The first-order valence-electron chi connectivity index (χ1n) is 7.03. The summed E-state index contributed by atoms with van der Waals surface area (Å²) in [7, 11) is 0. The zero-order valence-electron chi connectivity index (χ0n) is 12.6. The minimum atomic E-state index is 0.340. The van der Waals surface area contributed by atoms with Gasteiger partial charge in [-0.2, -0.15) is 0 Å². The molecule has 20 heavy (non-hydrogen) atoms. The first-order chi connectivity index (χ1) is 9.47. The molecule has 106 valence electrons. The molecule has 2 aromatic carbocycles. The van der Waals surface area contributed by atoms with Gasteiger partial charge in [0.05, 0.1) is 0 Å². The van der Waals surface area contributed by atoms with Crippen molar-refractivity contribution in [2.45, 2.75) is 40.3 Å². The number of nitrogens with one attached hydrogen (secondary N) is 1. The minimum Gasteiger partial charge on any atom is -0.306 e. The Morgan fingerprint density at radius 1 is 1.05 bits per heavy atom. The van der Waals surface area contributed by atoms with Gasteiger partial charge in [0.1, 0.15) is 0 Å². The first-order valence-corrected chi connectivity index (χ1v) is 7.82. The molecule has 0 fully saturated rings. The van der Waals surface area contributed by atoms with Gasteiger partial charge in [-0.05, 0) is 62.1 Å². The van der Waals surface area contributed by atoms with Gasteiger partial charge < -0.3 is 5.32 Å². The maximum atomic E-state index is 3.62. The number of hydrogen-bond acceptors (Lipinski definition) is 1. The van der Waals surface area contributed by atoms with Crippen molar-refractivity contribution < 1.29 is 0 Å². The van der Waals surface area contributed by atoms with E-state index in [1.54, 1.807) is 0 Å². The molecule has 0 saturated carbocycles. The number of halogens is 1. The molecular formula is C18H22BrN. The van der Waals surface area contributed by atoms with E-state index in [0.717, 1.165) is 11.0 Å². The third-order valence-electron chi connectivity index (χ3n) is 3.77. The molecule has 0 amide bonds. The molecule has 0 heterocycles. The molecule has 2 rings (SSSR count). The van der Waals surface area contributed by atoms with E-state index in [1.165, 1.54) is 27.8 Å². The van der Waals surface area contributed by atoms with Crippen molar-refractivity contribution in [2.24, 2.45) is 0 Å². The quantitative estimate of drug-likeness (QED) is 0.809. The van der Waals surface area contributed by atoms with Crippen LogP contribution < -0.4 is 5.32 Å². The Bertz CT molecular complexity index is 581. The van der Waals surface area contributed by atoms with Crippen molar-refractivity contribution in [3.8, 4) is 0 Å². The van der Waals surface area contributed by atoms with Gasteiger partial charge in [0, 0.05) is 17.1 Å². The Hall–Kier alpha value is -1.12. The molecule has 0 saturated heterocycles. The average molecular weight is 332 g/mol. The lowest BCUT2D eigenvalue weighted by molar-refractivity contribution is 0.572. The van der Waals surface area contributed by atoms with Gasteiger partial charge >= 0.3 is 0 Å². The van der Waals surface area contributed by atoms with Crippen LogP contribution in [0.15, 0.2) is 40.9 Å². The van der Waals surface area contributed by atoms with E-state index < -0.39 is 0 Å². The molecule has 0 aliphatic rings. The second-order valence-corrected chi connectivity index (χ2v) is 6.45. The van der Waals surface area contributed by atoms with Crippen molar-refractivity contribution in [3.05, 3.63) is 68.7 Å². The molecule has 0 aliphatic carbocycles. The van der Waals surface area contributed by atoms with Crippen molar-refractivity contribution in [2.75, 3.05) is 0 Å². The number of rotatable bonds is 4. The van der Waals surface area contributed by atoms with E-state index in [0.29, 0.717) is 6.04 Å². The average Bonchev–Trinajstić information content (AvgIpc) is 2.37. The lowest BCUT2D eigenvalue weighted by atomic mass is 9.99. The maximum Gasteiger partial charge on any atom is 0.0295 e. The monoisotopic (exact) mass is 331 g/mol. The van der Waals surface area contributed by atoms with Crippen LogP contribution in [-0.2, 0) is 6.54 Å². The van der Waals surface area contributed by atoms with Crippen LogP contribution in [0.2, 0.25) is 0 Å². The summed E-state index contributed by atoms with van der Waals surface area (Å²) in [5, 5.41) is 3.62. The van der Waals surface area contributed by atoms with Crippen LogP contribution in [0.25, 0.3) is 0 Å². The first kappa shape index (κ1) is 15.3. The Labute approximate surface area is 130 Å². The van der Waals surface area contributed by atoms with Gasteiger partial charge in [-0.15, -0.1) is 0 Å². The Morgan fingerprint density at radius 3 is 2.30 bits per heavy atom. The molecular weight excluding hydrogens is 310 g/mol. The van der Waals surface area contributed by atoms with E-state index in [2.05, 4.69) is 85.3 Å². The highest BCUT2D eigenvalue weighted by Crippen LogP contribution is 2.20. The highest BCUT2D eigenvalue weighted by molar-refractivity contribution is 9.10. The molecule has 0 bridgehead atoms. The van der Waals surface area contributed by atoms with Gasteiger partial charge in [-0.1, -0.05) is 45.8 Å². The molecule has 1 N–H and O–H groups in total. The second kappa shape index (κ2) is 6.55. The molecule has 1 atom stereocenters. The van der Waals surface area contributed by atoms with Gasteiger partial charge in [-0.25, -0.2) is 0 Å². The van der Waals surface area contributed by atoms with Crippen LogP contribution in [0.4, 0.5) is 0 Å². The van der Waals surface area contributed by atoms with E-state index in [1.807, 2.05) is 0 Å². The lowest BCUT2D eigenvalue weighted by Crippen LogP contribution is -2.19. The second-order valence-electron chi connectivity index (χ2n) is 5.53. The molecule has 1 unspecified atom stereocenters. The van der Waals surface area contributed by atoms with Gasteiger partial charge in [-0.3, -0.25) is 0 Å². The molecule has 0 radical (unpaired) electrons. The zero-order valence-corrected chi connectivity index (χ0v) is 14.2. The van der Waals surface area contributed by atoms with E-state index >= 15 is 0 Å². The van der Waals surface area contributed by atoms with Crippen molar-refractivity contribution >= 4 is 15.9 Å². The number of aryl methyl sites for hydroxylation is 3. The summed E-state index contributed by atoms with van der Waals surface area (Å²) in [6.07, 6.45) is 0. The fraction of sp³-hybridized carbons (Fsp3) is 0.333. The van der Waals surface area contributed by atoms with Gasteiger partial charge in [0.25, 0.3) is 0 Å². The zero-order chi connectivity index (χ0) is 14.7. The van der Waals surface area contributed by atoms with Crippen LogP contribution in [-0.4, -0.2) is 0 Å². The normalized spacial score (nSPS) is 12.4. The van der Waals surface area contributed by atoms with Crippen molar-refractivity contribution in [1.82, 2.24) is 5.32 Å². The topological polar surface area (TPSA) is 12.0 Å². The fourth-order valence-electron chi connectivity index (χ4n) is 2.64. The van der Waals surface area contributed by atoms with Crippen LogP contribution in [0.3, 0.4) is 0 Å². The summed E-state index contributed by atoms with van der Waals surface area (Å²) in [5.74, 6) is 0. The Balaban J connectivity index is 2.09. The van der Waals surface area contributed by atoms with Crippen LogP contribution >= 0.6 is 15.9 Å². The summed E-state index contributed by atoms with van der Waals surface area (Å²) >= 11 is 3.53. The molecule has 0 aliphatic heterocycles. The predicted octanol–water partition coefficient (Wildman–Crippen LogP) is 5.23. The maximum absolute atomic E-state index is 3.62. The standard InChI is InChI=1S/C18H22BrN/c1-12-8-13(2)18(14(3)9-12)11-20-15(4)16-6-5-7-17(19)10-16/h5-10,15,20H,11H2,1-4H3. The SMILES string of the molecule is Cc1cc(C)c(CNC(C)c2cccc(Br)c2)c(C)c1. The smallest absolute Gasteiger partial charge is 0.0295 e. The minimum absolute atomic E-state index is 0.340. The summed E-state index contributed by atoms with van der Waals surface area (Å²) in [6, 6.07) is 13.3. The fourth-order valence-corrected chi connectivity index (χ4v) is 3.05. The lowest BCUT2D eigenvalue weighted by Gasteiger charge is -2.17. The van der Waals surface area contributed by atoms with Crippen LogP contribution in [0.5, 0.6) is 0 Å². The predicted molar refractivity (Wildman–Crippen MR) is 90.0 cm³/mol. The molecule has 1 nitrogen and oxygen atoms in total. The highest BCUT2D eigenvalue weighted by atomic mass is 79.9. The van der Waals surface area contributed by atoms with Crippen LogP contribution in [0, 0.1) is 20.8 Å². The Kier molecular flexibility index (Phi) is 5.00. The molecule has 2 heteroatoms. The molecule has 0 aromatic heterocycles. The summed E-state index contributed by atoms with van der Waals surface area (Å²) in [5.41, 5.74) is 6.80. The van der Waals surface area contributed by atoms with Crippen molar-refractivity contribution in [1.29, 1.82) is 0 Å². The molecule has 0 spiro atoms. The Morgan fingerprint density at radius 2 is 1.70 bits per heavy atom. The largest absolute Gasteiger partial charge is 0.306 e. The summed E-state index contributed by atoms with van der Waals surface area (Å²) in [6.45, 7) is 9.66. The molecule has 2 aromatic rings. The highest BCUT2D eigenvalue weighted by Gasteiger charge is 2.08. The number of hydrogen-bond donors (Lipinski definition) is 1.